The highest BCUT2D eigenvalue weighted by Crippen LogP contribution is 2.34. The zero-order valence-electron chi connectivity index (χ0n) is 9.94. The van der Waals surface area contributed by atoms with Crippen molar-refractivity contribution in [3.05, 3.63) is 28.2 Å². The van der Waals surface area contributed by atoms with Crippen molar-refractivity contribution in [3.8, 4) is 0 Å². The predicted octanol–water partition coefficient (Wildman–Crippen LogP) is 2.32. The second-order valence-corrected chi connectivity index (χ2v) is 6.17. The third-order valence-electron chi connectivity index (χ3n) is 2.69. The zero-order chi connectivity index (χ0) is 14.0. The average molecular weight is 319 g/mol. The average Bonchev–Trinajstić information content (AvgIpc) is 2.63. The normalized spacial score (nSPS) is 19.3. The van der Waals surface area contributed by atoms with Gasteiger partial charge in [-0.15, -0.1) is 11.8 Å². The molecule has 19 heavy (non-hydrogen) atoms. The van der Waals surface area contributed by atoms with Crippen LogP contribution in [-0.4, -0.2) is 29.4 Å². The summed E-state index contributed by atoms with van der Waals surface area (Å²) in [5.41, 5.74) is 5.79. The van der Waals surface area contributed by atoms with Gasteiger partial charge >= 0.3 is 0 Å². The first-order chi connectivity index (χ1) is 9.04. The molecule has 7 heteroatoms. The smallest absolute Gasteiger partial charge is 0.247 e. The molecule has 0 saturated carbocycles. The summed E-state index contributed by atoms with van der Waals surface area (Å²) in [5, 5.41) is 0.378. The van der Waals surface area contributed by atoms with E-state index < -0.39 is 0 Å². The maximum Gasteiger partial charge on any atom is 0.247 e. The minimum absolute atomic E-state index is 0.183. The molecule has 1 aliphatic rings. The van der Waals surface area contributed by atoms with Gasteiger partial charge in [0.15, 0.2) is 0 Å². The number of anilines is 1. The Bertz CT molecular complexity index is 524. The van der Waals surface area contributed by atoms with Gasteiger partial charge < -0.3 is 5.73 Å². The van der Waals surface area contributed by atoms with Crippen molar-refractivity contribution < 1.29 is 9.59 Å². The Balaban J connectivity index is 2.25. The number of halogens is 2. The number of nitrogens with two attached hydrogens (primary N) is 1. The van der Waals surface area contributed by atoms with Gasteiger partial charge in [0.05, 0.1) is 16.0 Å². The molecule has 0 spiro atoms. The number of benzene rings is 1. The summed E-state index contributed by atoms with van der Waals surface area (Å²) in [4.78, 5) is 25.3. The Kier molecular flexibility index (Phi) is 4.73. The molecular formula is C12H12Cl2N2O2S. The van der Waals surface area contributed by atoms with E-state index in [-0.39, 0.29) is 23.5 Å². The Morgan fingerprint density at radius 1 is 1.37 bits per heavy atom. The minimum atomic E-state index is -0.372. The quantitative estimate of drug-likeness (QED) is 0.865. The van der Waals surface area contributed by atoms with Crippen LogP contribution in [0.4, 0.5) is 5.69 Å². The van der Waals surface area contributed by atoms with Crippen molar-refractivity contribution in [1.82, 2.24) is 0 Å². The second kappa shape index (κ2) is 6.13. The van der Waals surface area contributed by atoms with Crippen molar-refractivity contribution in [2.75, 3.05) is 17.2 Å². The fourth-order valence-electron chi connectivity index (χ4n) is 1.86. The van der Waals surface area contributed by atoms with Crippen molar-refractivity contribution >= 4 is 52.5 Å². The first-order valence-electron chi connectivity index (χ1n) is 5.68. The first kappa shape index (κ1) is 14.7. The van der Waals surface area contributed by atoms with Crippen molar-refractivity contribution in [3.63, 3.8) is 0 Å². The number of carbonyl (C=O) groups excluding carboxylic acids is 2. The number of rotatable bonds is 4. The van der Waals surface area contributed by atoms with Crippen LogP contribution in [0.15, 0.2) is 18.2 Å². The molecule has 1 aromatic carbocycles. The lowest BCUT2D eigenvalue weighted by molar-refractivity contribution is -0.121. The van der Waals surface area contributed by atoms with Crippen LogP contribution in [0.5, 0.6) is 0 Å². The minimum Gasteiger partial charge on any atom is -0.330 e. The van der Waals surface area contributed by atoms with Crippen LogP contribution in [0.25, 0.3) is 0 Å². The van der Waals surface area contributed by atoms with Gasteiger partial charge in [-0.1, -0.05) is 23.2 Å². The largest absolute Gasteiger partial charge is 0.330 e. The van der Waals surface area contributed by atoms with Gasteiger partial charge in [0.25, 0.3) is 0 Å². The fourth-order valence-corrected chi connectivity index (χ4v) is 3.28. The molecule has 0 aromatic heterocycles. The fraction of sp³-hybridized carbons (Fsp3) is 0.333. The summed E-state index contributed by atoms with van der Waals surface area (Å²) >= 11 is 13.2. The lowest BCUT2D eigenvalue weighted by Crippen LogP contribution is -2.31. The Morgan fingerprint density at radius 3 is 2.74 bits per heavy atom. The topological polar surface area (TPSA) is 63.4 Å². The van der Waals surface area contributed by atoms with Crippen molar-refractivity contribution in [2.45, 2.75) is 11.7 Å². The van der Waals surface area contributed by atoms with Crippen molar-refractivity contribution in [2.24, 2.45) is 5.73 Å². The van der Waals surface area contributed by atoms with Gasteiger partial charge in [-0.2, -0.15) is 0 Å². The van der Waals surface area contributed by atoms with Crippen LogP contribution >= 0.6 is 35.0 Å². The molecule has 0 radical (unpaired) electrons. The molecule has 1 aromatic rings. The molecule has 4 nitrogen and oxygen atoms in total. The van der Waals surface area contributed by atoms with E-state index in [2.05, 4.69) is 0 Å². The Labute approximate surface area is 125 Å². The molecule has 1 heterocycles. The van der Waals surface area contributed by atoms with Crippen LogP contribution in [0.2, 0.25) is 10.0 Å². The van der Waals surface area contributed by atoms with Gasteiger partial charge in [0.2, 0.25) is 11.8 Å². The van der Waals surface area contributed by atoms with E-state index in [0.717, 1.165) is 4.90 Å². The molecule has 1 aliphatic heterocycles. The van der Waals surface area contributed by atoms with Crippen LogP contribution in [0.1, 0.15) is 6.42 Å². The lowest BCUT2D eigenvalue weighted by Gasteiger charge is -2.16. The first-order valence-corrected chi connectivity index (χ1v) is 7.48. The maximum absolute atomic E-state index is 12.2. The molecule has 1 fully saturated rings. The molecule has 0 bridgehead atoms. The molecule has 2 rings (SSSR count). The van der Waals surface area contributed by atoms with Gasteiger partial charge in [-0.25, -0.2) is 4.90 Å². The molecule has 2 amide bonds. The summed E-state index contributed by atoms with van der Waals surface area (Å²) in [6.45, 7) is 0.477. The SMILES string of the molecule is NCCSC1CC(=O)N(c2ccc(Cl)cc2Cl)C1=O. The van der Waals surface area contributed by atoms with Crippen molar-refractivity contribution in [1.29, 1.82) is 0 Å². The van der Waals surface area contributed by atoms with Gasteiger partial charge in [0.1, 0.15) is 0 Å². The molecular weight excluding hydrogens is 307 g/mol. The van der Waals surface area contributed by atoms with Gasteiger partial charge in [-0.05, 0) is 18.2 Å². The number of hydrogen-bond acceptors (Lipinski definition) is 4. The highest BCUT2D eigenvalue weighted by atomic mass is 35.5. The van der Waals surface area contributed by atoms with Gasteiger partial charge in [-0.3, -0.25) is 9.59 Å². The number of nitrogens with zero attached hydrogens (tertiary/aromatic N) is 1. The molecule has 1 unspecified atom stereocenters. The number of amides is 2. The second-order valence-electron chi connectivity index (χ2n) is 4.02. The summed E-state index contributed by atoms with van der Waals surface area (Å²) in [7, 11) is 0. The summed E-state index contributed by atoms with van der Waals surface area (Å²) in [5.74, 6) is 0.155. The molecule has 1 saturated heterocycles. The maximum atomic E-state index is 12.2. The summed E-state index contributed by atoms with van der Waals surface area (Å²) in [6, 6.07) is 4.69. The van der Waals surface area contributed by atoms with E-state index in [1.165, 1.54) is 17.8 Å². The monoisotopic (exact) mass is 318 g/mol. The lowest BCUT2D eigenvalue weighted by atomic mass is 10.3. The molecule has 2 N–H and O–H groups in total. The van der Waals surface area contributed by atoms with E-state index >= 15 is 0 Å². The van der Waals surface area contributed by atoms with E-state index in [4.69, 9.17) is 28.9 Å². The summed E-state index contributed by atoms with van der Waals surface area (Å²) < 4.78 is 0. The predicted molar refractivity (Wildman–Crippen MR) is 78.9 cm³/mol. The Hall–Kier alpha value is -0.750. The molecule has 0 aliphatic carbocycles. The molecule has 1 atom stereocenters. The van der Waals surface area contributed by atoms with E-state index in [9.17, 15) is 9.59 Å². The number of imide groups is 1. The highest BCUT2D eigenvalue weighted by molar-refractivity contribution is 8.00. The third-order valence-corrected chi connectivity index (χ3v) is 4.47. The third kappa shape index (κ3) is 3.05. The van der Waals surface area contributed by atoms with E-state index in [1.807, 2.05) is 0 Å². The van der Waals surface area contributed by atoms with Crippen LogP contribution in [0, 0.1) is 0 Å². The van der Waals surface area contributed by atoms with Gasteiger partial charge in [0, 0.05) is 23.7 Å². The number of carbonyl (C=O) groups is 2. The van der Waals surface area contributed by atoms with E-state index in [1.54, 1.807) is 12.1 Å². The highest BCUT2D eigenvalue weighted by Gasteiger charge is 2.40. The molecule has 102 valence electrons. The number of thioether (sulfide) groups is 1. The number of hydrogen-bond donors (Lipinski definition) is 1. The van der Waals surface area contributed by atoms with Crippen LogP contribution < -0.4 is 10.6 Å². The standard InChI is InChI=1S/C12H12Cl2N2O2S/c13-7-1-2-9(8(14)5-7)16-11(17)6-10(12(16)18)19-4-3-15/h1-2,5,10H,3-4,6,15H2. The van der Waals surface area contributed by atoms with Crippen LogP contribution in [-0.2, 0) is 9.59 Å². The van der Waals surface area contributed by atoms with Crippen LogP contribution in [0.3, 0.4) is 0 Å². The zero-order valence-corrected chi connectivity index (χ0v) is 12.3. The van der Waals surface area contributed by atoms with E-state index in [0.29, 0.717) is 28.0 Å². The summed E-state index contributed by atoms with van der Waals surface area (Å²) in [6.07, 6.45) is 0.183. The Morgan fingerprint density at radius 2 is 2.11 bits per heavy atom.